The van der Waals surface area contributed by atoms with Crippen LogP contribution < -0.4 is 0 Å². The molecular weight excluding hydrogens is 652 g/mol. The molecule has 0 N–H and O–H groups in total. The number of hydrogen-bond acceptors (Lipinski definition) is 2. The standard InChI is InChI=1S/C50H85FO2/c1-3-5-7-9-11-13-35-52-49-31-23-42(24-32-49)17-15-40-19-27-44(28-20-40)46-37-47(39-48(51)38-46)45-29-21-41(22-30-45)16-18-43-25-33-50(34-26-43)53-36-14-12-10-8-6-4-2/h37-45,49-50H,3-36H2,1-2H3. The zero-order valence-electron chi connectivity index (χ0n) is 35.1. The van der Waals surface area contributed by atoms with Crippen LogP contribution in [0, 0.1) is 29.5 Å². The van der Waals surface area contributed by atoms with Crippen LogP contribution >= 0.6 is 0 Å². The van der Waals surface area contributed by atoms with E-state index in [2.05, 4.69) is 19.9 Å². The van der Waals surface area contributed by atoms with Crippen LogP contribution in [0.3, 0.4) is 0 Å². The van der Waals surface area contributed by atoms with Crippen molar-refractivity contribution in [3.05, 3.63) is 35.1 Å². The molecule has 4 saturated carbocycles. The summed E-state index contributed by atoms with van der Waals surface area (Å²) in [6.07, 6.45) is 43.9. The molecule has 304 valence electrons. The van der Waals surface area contributed by atoms with Crippen LogP contribution in [0.25, 0.3) is 0 Å². The normalized spacial score (nSPS) is 29.7. The van der Waals surface area contributed by atoms with Gasteiger partial charge in [0.2, 0.25) is 0 Å². The summed E-state index contributed by atoms with van der Waals surface area (Å²) in [7, 11) is 0. The Bertz CT molecular complexity index is 975. The molecule has 4 fully saturated rings. The van der Waals surface area contributed by atoms with Crippen LogP contribution in [0.15, 0.2) is 18.2 Å². The number of halogens is 1. The number of unbranched alkanes of at least 4 members (excludes halogenated alkanes) is 10. The van der Waals surface area contributed by atoms with E-state index in [9.17, 15) is 0 Å². The van der Waals surface area contributed by atoms with Crippen LogP contribution in [-0.2, 0) is 9.47 Å². The predicted octanol–water partition coefficient (Wildman–Crippen LogP) is 15.8. The number of benzene rings is 1. The summed E-state index contributed by atoms with van der Waals surface area (Å²) in [6.45, 7) is 6.54. The van der Waals surface area contributed by atoms with E-state index in [4.69, 9.17) is 9.47 Å². The van der Waals surface area contributed by atoms with Gasteiger partial charge in [0.25, 0.3) is 0 Å². The molecule has 0 amide bonds. The highest BCUT2D eigenvalue weighted by atomic mass is 19.1. The lowest BCUT2D eigenvalue weighted by Gasteiger charge is -2.33. The molecule has 4 aliphatic carbocycles. The Kier molecular flexibility index (Phi) is 20.7. The fraction of sp³-hybridized carbons (Fsp3) is 0.880. The first-order valence-electron chi connectivity index (χ1n) is 24.1. The molecular formula is C50H85FO2. The zero-order chi connectivity index (χ0) is 36.9. The number of hydrogen-bond donors (Lipinski definition) is 0. The molecule has 53 heavy (non-hydrogen) atoms. The maximum Gasteiger partial charge on any atom is 0.123 e. The Morgan fingerprint density at radius 1 is 0.415 bits per heavy atom. The molecule has 3 heteroatoms. The van der Waals surface area contributed by atoms with E-state index < -0.39 is 0 Å². The van der Waals surface area contributed by atoms with Gasteiger partial charge in [0, 0.05) is 13.2 Å². The van der Waals surface area contributed by atoms with Gasteiger partial charge in [-0.25, -0.2) is 4.39 Å². The van der Waals surface area contributed by atoms with Crippen LogP contribution in [-0.4, -0.2) is 25.4 Å². The average molecular weight is 737 g/mol. The third-order valence-corrected chi connectivity index (χ3v) is 14.8. The van der Waals surface area contributed by atoms with Crippen molar-refractivity contribution >= 4 is 0 Å². The topological polar surface area (TPSA) is 18.5 Å². The van der Waals surface area contributed by atoms with Crippen molar-refractivity contribution in [3.8, 4) is 0 Å². The third-order valence-electron chi connectivity index (χ3n) is 14.8. The predicted molar refractivity (Wildman–Crippen MR) is 224 cm³/mol. The van der Waals surface area contributed by atoms with E-state index in [-0.39, 0.29) is 5.82 Å². The van der Waals surface area contributed by atoms with Crippen molar-refractivity contribution in [2.75, 3.05) is 13.2 Å². The molecule has 0 radical (unpaired) electrons. The van der Waals surface area contributed by atoms with Gasteiger partial charge >= 0.3 is 0 Å². The quantitative estimate of drug-likeness (QED) is 0.0984. The van der Waals surface area contributed by atoms with Gasteiger partial charge in [0.15, 0.2) is 0 Å². The molecule has 0 atom stereocenters. The second kappa shape index (κ2) is 25.3. The minimum absolute atomic E-state index is 0.0138. The molecule has 0 aromatic heterocycles. The lowest BCUT2D eigenvalue weighted by molar-refractivity contribution is 0.0144. The summed E-state index contributed by atoms with van der Waals surface area (Å²) in [4.78, 5) is 0. The highest BCUT2D eigenvalue weighted by Gasteiger charge is 2.29. The van der Waals surface area contributed by atoms with E-state index >= 15 is 4.39 Å². The van der Waals surface area contributed by atoms with Crippen LogP contribution in [0.1, 0.15) is 242 Å². The van der Waals surface area contributed by atoms with Crippen molar-refractivity contribution < 1.29 is 13.9 Å². The minimum Gasteiger partial charge on any atom is -0.378 e. The highest BCUT2D eigenvalue weighted by Crippen LogP contribution is 2.43. The van der Waals surface area contributed by atoms with Crippen molar-refractivity contribution in [2.24, 2.45) is 23.7 Å². The van der Waals surface area contributed by atoms with E-state index in [0.29, 0.717) is 24.0 Å². The van der Waals surface area contributed by atoms with E-state index in [0.717, 1.165) is 36.9 Å². The van der Waals surface area contributed by atoms with Crippen molar-refractivity contribution in [1.29, 1.82) is 0 Å². The number of rotatable bonds is 24. The molecule has 2 nitrogen and oxygen atoms in total. The van der Waals surface area contributed by atoms with Crippen LogP contribution in [0.2, 0.25) is 0 Å². The molecule has 0 heterocycles. The second-order valence-corrected chi connectivity index (χ2v) is 19.0. The molecule has 1 aromatic carbocycles. The Balaban J connectivity index is 0.910. The van der Waals surface area contributed by atoms with Gasteiger partial charge in [-0.15, -0.1) is 0 Å². The Morgan fingerprint density at radius 2 is 0.736 bits per heavy atom. The first-order valence-corrected chi connectivity index (χ1v) is 24.1. The summed E-state index contributed by atoms with van der Waals surface area (Å²) < 4.78 is 27.6. The lowest BCUT2D eigenvalue weighted by Crippen LogP contribution is -2.23. The lowest BCUT2D eigenvalue weighted by atomic mass is 9.73. The van der Waals surface area contributed by atoms with Crippen LogP contribution in [0.5, 0.6) is 0 Å². The fourth-order valence-corrected chi connectivity index (χ4v) is 11.1. The molecule has 4 aliphatic rings. The molecule has 5 rings (SSSR count). The second-order valence-electron chi connectivity index (χ2n) is 19.0. The Hall–Kier alpha value is -0.930. The van der Waals surface area contributed by atoms with Gasteiger partial charge in [-0.3, -0.25) is 0 Å². The fourth-order valence-electron chi connectivity index (χ4n) is 11.1. The zero-order valence-corrected chi connectivity index (χ0v) is 35.1. The summed E-state index contributed by atoms with van der Waals surface area (Å²) in [6, 6.07) is 6.22. The molecule has 0 aliphatic heterocycles. The van der Waals surface area contributed by atoms with E-state index in [1.165, 1.54) is 217 Å². The van der Waals surface area contributed by atoms with Gasteiger partial charge in [-0.1, -0.05) is 110 Å². The van der Waals surface area contributed by atoms with Gasteiger partial charge in [-0.2, -0.15) is 0 Å². The van der Waals surface area contributed by atoms with Crippen molar-refractivity contribution in [3.63, 3.8) is 0 Å². The maximum atomic E-state index is 15.1. The van der Waals surface area contributed by atoms with Crippen LogP contribution in [0.4, 0.5) is 4.39 Å². The first-order chi connectivity index (χ1) is 26.1. The first kappa shape index (κ1) is 43.2. The summed E-state index contributed by atoms with van der Waals surface area (Å²) >= 11 is 0. The average Bonchev–Trinajstić information content (AvgIpc) is 3.19. The molecule has 0 unspecified atom stereocenters. The Labute approximate surface area is 328 Å². The molecule has 0 spiro atoms. The van der Waals surface area contributed by atoms with E-state index in [1.54, 1.807) is 0 Å². The van der Waals surface area contributed by atoms with Gasteiger partial charge in [0.05, 0.1) is 12.2 Å². The Morgan fingerprint density at radius 3 is 1.09 bits per heavy atom. The van der Waals surface area contributed by atoms with Gasteiger partial charge in [-0.05, 0) is 174 Å². The highest BCUT2D eigenvalue weighted by molar-refractivity contribution is 5.30. The number of ether oxygens (including phenoxy) is 2. The summed E-state index contributed by atoms with van der Waals surface area (Å²) in [5.41, 5.74) is 2.62. The van der Waals surface area contributed by atoms with Gasteiger partial charge < -0.3 is 9.47 Å². The minimum atomic E-state index is 0.0138. The summed E-state index contributed by atoms with van der Waals surface area (Å²) in [5.74, 6) is 4.74. The SMILES string of the molecule is CCCCCCCCOC1CCC(CCC2CCC(c3cc(F)cc(C4CCC(CCC5CCC(OCCCCCCCC)CC5)CC4)c3)CC2)CC1. The van der Waals surface area contributed by atoms with Crippen molar-refractivity contribution in [2.45, 2.75) is 243 Å². The monoisotopic (exact) mass is 737 g/mol. The largest absolute Gasteiger partial charge is 0.378 e. The van der Waals surface area contributed by atoms with E-state index in [1.807, 2.05) is 12.1 Å². The maximum absolute atomic E-state index is 15.1. The molecule has 0 saturated heterocycles. The van der Waals surface area contributed by atoms with Crippen molar-refractivity contribution in [1.82, 2.24) is 0 Å². The molecule has 0 bridgehead atoms. The smallest absolute Gasteiger partial charge is 0.123 e. The molecule has 1 aromatic rings. The third kappa shape index (κ3) is 16.2. The van der Waals surface area contributed by atoms with Gasteiger partial charge in [0.1, 0.15) is 5.82 Å². The summed E-state index contributed by atoms with van der Waals surface area (Å²) in [5, 5.41) is 0.